The van der Waals surface area contributed by atoms with Crippen molar-refractivity contribution in [2.45, 2.75) is 6.92 Å². The van der Waals surface area contributed by atoms with E-state index in [0.717, 1.165) is 20.3 Å². The van der Waals surface area contributed by atoms with Crippen molar-refractivity contribution in [1.82, 2.24) is 5.43 Å². The molecule has 4 nitrogen and oxygen atoms in total. The first-order chi connectivity index (χ1) is 10.6. The van der Waals surface area contributed by atoms with E-state index >= 15 is 0 Å². The summed E-state index contributed by atoms with van der Waals surface area (Å²) in [5.74, 6) is 0.505. The third-order valence-electron chi connectivity index (χ3n) is 2.75. The molecule has 0 unspecified atom stereocenters. The maximum Gasteiger partial charge on any atom is 0.272 e. The lowest BCUT2D eigenvalue weighted by atomic mass is 10.2. The average Bonchev–Trinajstić information content (AvgIpc) is 2.50. The number of nitrogens with one attached hydrogen (secondary N) is 1. The van der Waals surface area contributed by atoms with Crippen LogP contribution in [-0.2, 0) is 0 Å². The fourth-order valence-corrected chi connectivity index (χ4v) is 2.72. The molecule has 2 aromatic rings. The van der Waals surface area contributed by atoms with E-state index in [1.807, 2.05) is 37.3 Å². The fraction of sp³-hybridized carbons (Fsp3) is 0.125. The predicted molar refractivity (Wildman–Crippen MR) is 94.5 cm³/mol. The van der Waals surface area contributed by atoms with Gasteiger partial charge in [0.05, 0.1) is 22.9 Å². The van der Waals surface area contributed by atoms with Crippen molar-refractivity contribution in [1.29, 1.82) is 0 Å². The Kier molecular flexibility index (Phi) is 6.15. The second-order valence-electron chi connectivity index (χ2n) is 4.30. The van der Waals surface area contributed by atoms with Crippen LogP contribution in [-0.4, -0.2) is 18.7 Å². The number of carbonyl (C=O) groups excluding carboxylic acids is 1. The number of hydrogen-bond donors (Lipinski definition) is 1. The van der Waals surface area contributed by atoms with Crippen LogP contribution in [0.4, 0.5) is 0 Å². The molecule has 0 radical (unpaired) electrons. The van der Waals surface area contributed by atoms with E-state index in [-0.39, 0.29) is 5.91 Å². The zero-order valence-corrected chi connectivity index (χ0v) is 15.0. The summed E-state index contributed by atoms with van der Waals surface area (Å²) in [4.78, 5) is 12.0. The molecule has 2 rings (SSSR count). The Labute approximate surface area is 145 Å². The summed E-state index contributed by atoms with van der Waals surface area (Å²) in [6.45, 7) is 2.53. The highest BCUT2D eigenvalue weighted by molar-refractivity contribution is 9.10. The zero-order chi connectivity index (χ0) is 15.9. The van der Waals surface area contributed by atoms with Gasteiger partial charge in [0.1, 0.15) is 5.75 Å². The van der Waals surface area contributed by atoms with Gasteiger partial charge >= 0.3 is 0 Å². The molecule has 22 heavy (non-hydrogen) atoms. The lowest BCUT2D eigenvalue weighted by Gasteiger charge is -2.06. The van der Waals surface area contributed by atoms with Crippen LogP contribution in [0.1, 0.15) is 22.8 Å². The monoisotopic (exact) mass is 424 g/mol. The van der Waals surface area contributed by atoms with Crippen molar-refractivity contribution < 1.29 is 9.53 Å². The van der Waals surface area contributed by atoms with Crippen LogP contribution in [0.3, 0.4) is 0 Å². The van der Waals surface area contributed by atoms with E-state index in [4.69, 9.17) is 4.74 Å². The topological polar surface area (TPSA) is 50.7 Å². The maximum atomic E-state index is 12.0. The number of benzene rings is 2. The van der Waals surface area contributed by atoms with Gasteiger partial charge in [-0.05, 0) is 74.7 Å². The average molecular weight is 426 g/mol. The second-order valence-corrected chi connectivity index (χ2v) is 6.01. The van der Waals surface area contributed by atoms with Crippen molar-refractivity contribution in [2.75, 3.05) is 6.61 Å². The van der Waals surface area contributed by atoms with E-state index in [1.54, 1.807) is 18.3 Å². The smallest absolute Gasteiger partial charge is 0.272 e. The van der Waals surface area contributed by atoms with Gasteiger partial charge in [-0.25, -0.2) is 5.43 Å². The van der Waals surface area contributed by atoms with Crippen molar-refractivity contribution in [2.24, 2.45) is 5.10 Å². The van der Waals surface area contributed by atoms with Crippen LogP contribution in [0.5, 0.6) is 5.75 Å². The maximum absolute atomic E-state index is 12.0. The molecule has 0 bridgehead atoms. The number of ether oxygens (including phenoxy) is 1. The summed E-state index contributed by atoms with van der Waals surface area (Å²) < 4.78 is 7.01. The molecule has 0 saturated heterocycles. The van der Waals surface area contributed by atoms with Crippen LogP contribution in [0.2, 0.25) is 0 Å². The number of rotatable bonds is 5. The third-order valence-corrected chi connectivity index (χ3v) is 4.07. The Morgan fingerprint density at radius 3 is 2.68 bits per heavy atom. The van der Waals surface area contributed by atoms with Gasteiger partial charge in [-0.15, -0.1) is 0 Å². The first-order valence-corrected chi connectivity index (χ1v) is 8.20. The highest BCUT2D eigenvalue weighted by atomic mass is 79.9. The van der Waals surface area contributed by atoms with Gasteiger partial charge in [0.2, 0.25) is 0 Å². The van der Waals surface area contributed by atoms with Crippen LogP contribution in [0.15, 0.2) is 56.5 Å². The molecule has 0 aromatic heterocycles. The highest BCUT2D eigenvalue weighted by Gasteiger charge is 2.07. The van der Waals surface area contributed by atoms with E-state index in [2.05, 4.69) is 42.4 Å². The first-order valence-electron chi connectivity index (χ1n) is 6.62. The van der Waals surface area contributed by atoms with Crippen LogP contribution < -0.4 is 10.2 Å². The predicted octanol–water partition coefficient (Wildman–Crippen LogP) is 4.37. The summed E-state index contributed by atoms with van der Waals surface area (Å²) >= 11 is 6.77. The standard InChI is InChI=1S/C16H14Br2N2O2/c1-2-22-15-8-7-11(9-14(15)18)10-19-20-16(21)12-5-3-4-6-13(12)17/h3-10H,2H2,1H3,(H,20,21)/b19-10-. The molecule has 1 amide bonds. The van der Waals surface area contributed by atoms with Crippen molar-refractivity contribution >= 4 is 44.0 Å². The second kappa shape index (κ2) is 8.10. The molecular formula is C16H14Br2N2O2. The minimum Gasteiger partial charge on any atom is -0.493 e. The van der Waals surface area contributed by atoms with Crippen LogP contribution in [0.25, 0.3) is 0 Å². The van der Waals surface area contributed by atoms with Gasteiger partial charge in [0.25, 0.3) is 5.91 Å². The van der Waals surface area contributed by atoms with Gasteiger partial charge in [-0.1, -0.05) is 12.1 Å². The SMILES string of the molecule is CCOc1ccc(/C=N\NC(=O)c2ccccc2Br)cc1Br. The molecule has 0 aliphatic carbocycles. The van der Waals surface area contributed by atoms with Gasteiger partial charge in [-0.3, -0.25) is 4.79 Å². The van der Waals surface area contributed by atoms with Gasteiger partial charge < -0.3 is 4.74 Å². The Balaban J connectivity index is 2.02. The lowest BCUT2D eigenvalue weighted by Crippen LogP contribution is -2.18. The molecule has 0 aliphatic heterocycles. The van der Waals surface area contributed by atoms with E-state index in [9.17, 15) is 4.79 Å². The molecule has 0 spiro atoms. The van der Waals surface area contributed by atoms with Gasteiger partial charge in [0, 0.05) is 4.47 Å². The Morgan fingerprint density at radius 1 is 1.23 bits per heavy atom. The minimum absolute atomic E-state index is 0.270. The number of nitrogens with zero attached hydrogens (tertiary/aromatic N) is 1. The van der Waals surface area contributed by atoms with E-state index < -0.39 is 0 Å². The molecule has 0 aliphatic rings. The largest absolute Gasteiger partial charge is 0.493 e. The fourth-order valence-electron chi connectivity index (χ4n) is 1.74. The Hall–Kier alpha value is -1.66. The molecule has 2 aromatic carbocycles. The summed E-state index contributed by atoms with van der Waals surface area (Å²) in [7, 11) is 0. The number of hydrazone groups is 1. The molecule has 0 saturated carbocycles. The Morgan fingerprint density at radius 2 is 2.00 bits per heavy atom. The van der Waals surface area contributed by atoms with Crippen molar-refractivity contribution in [3.63, 3.8) is 0 Å². The summed E-state index contributed by atoms with van der Waals surface area (Å²) in [6.07, 6.45) is 1.58. The lowest BCUT2D eigenvalue weighted by molar-refractivity contribution is 0.0954. The van der Waals surface area contributed by atoms with E-state index in [1.165, 1.54) is 0 Å². The number of carbonyl (C=O) groups is 1. The highest BCUT2D eigenvalue weighted by Crippen LogP contribution is 2.25. The number of hydrogen-bond acceptors (Lipinski definition) is 3. The van der Waals surface area contributed by atoms with Crippen LogP contribution >= 0.6 is 31.9 Å². The number of halogens is 2. The normalized spacial score (nSPS) is 10.7. The summed E-state index contributed by atoms with van der Waals surface area (Å²) in [6, 6.07) is 12.8. The minimum atomic E-state index is -0.270. The van der Waals surface area contributed by atoms with Crippen molar-refractivity contribution in [3.8, 4) is 5.75 Å². The zero-order valence-electron chi connectivity index (χ0n) is 11.8. The molecule has 0 atom stereocenters. The quantitative estimate of drug-likeness (QED) is 0.571. The van der Waals surface area contributed by atoms with Crippen LogP contribution in [0, 0.1) is 0 Å². The molecule has 0 fully saturated rings. The van der Waals surface area contributed by atoms with Gasteiger partial charge in [-0.2, -0.15) is 5.10 Å². The van der Waals surface area contributed by atoms with E-state index in [0.29, 0.717) is 12.2 Å². The molecular weight excluding hydrogens is 412 g/mol. The van der Waals surface area contributed by atoms with Crippen molar-refractivity contribution in [3.05, 3.63) is 62.5 Å². The Bertz CT molecular complexity index is 702. The molecule has 6 heteroatoms. The third kappa shape index (κ3) is 4.42. The summed E-state index contributed by atoms with van der Waals surface area (Å²) in [5, 5.41) is 3.97. The van der Waals surface area contributed by atoms with Gasteiger partial charge in [0.15, 0.2) is 0 Å². The number of amides is 1. The molecule has 1 N–H and O–H groups in total. The summed E-state index contributed by atoms with van der Waals surface area (Å²) in [5.41, 5.74) is 3.89. The first kappa shape index (κ1) is 16.7. The molecule has 0 heterocycles. The molecule has 114 valence electrons.